The van der Waals surface area contributed by atoms with Crippen molar-refractivity contribution >= 4 is 5.91 Å². The number of hydrogen-bond acceptors (Lipinski definition) is 1. The molecule has 0 atom stereocenters. The molecule has 1 aliphatic rings. The Balaban J connectivity index is 2.04. The van der Waals surface area contributed by atoms with Gasteiger partial charge in [-0.05, 0) is 18.1 Å². The van der Waals surface area contributed by atoms with Crippen LogP contribution in [-0.2, 0) is 6.54 Å². The number of hydrogen-bond donors (Lipinski definition) is 0. The van der Waals surface area contributed by atoms with Gasteiger partial charge in [0.15, 0.2) is 0 Å². The zero-order valence-corrected chi connectivity index (χ0v) is 8.57. The van der Waals surface area contributed by atoms with Gasteiger partial charge in [0.25, 0.3) is 5.91 Å². The maximum Gasteiger partial charge on any atom is 0.254 e. The van der Waals surface area contributed by atoms with Gasteiger partial charge in [0.2, 0.25) is 0 Å². The lowest BCUT2D eigenvalue weighted by atomic mass is 10.1. The second-order valence-electron chi connectivity index (χ2n) is 3.69. The predicted molar refractivity (Wildman–Crippen MR) is 59.2 cm³/mol. The maximum atomic E-state index is 11.9. The van der Waals surface area contributed by atoms with Gasteiger partial charge in [-0.25, -0.2) is 0 Å². The van der Waals surface area contributed by atoms with Crippen LogP contribution in [0.2, 0.25) is 0 Å². The summed E-state index contributed by atoms with van der Waals surface area (Å²) in [6.07, 6.45) is 6.80. The number of carbonyl (C=O) groups excluding carboxylic acids is 1. The second kappa shape index (κ2) is 4.18. The van der Waals surface area contributed by atoms with Crippen LogP contribution in [0.5, 0.6) is 0 Å². The minimum atomic E-state index is 0.141. The molecule has 0 fully saturated rings. The highest BCUT2D eigenvalue weighted by Crippen LogP contribution is 2.22. The number of terminal acetylenes is 1. The third-order valence-corrected chi connectivity index (χ3v) is 2.65. The molecule has 0 unspecified atom stereocenters. The molecular formula is C13H13NO. The number of unbranched alkanes of at least 4 members (excludes halogenated alkanes) is 1. The van der Waals surface area contributed by atoms with Gasteiger partial charge in [-0.1, -0.05) is 18.2 Å². The third kappa shape index (κ3) is 1.87. The largest absolute Gasteiger partial charge is 0.334 e. The molecule has 0 saturated carbocycles. The Morgan fingerprint density at radius 3 is 2.93 bits per heavy atom. The van der Waals surface area contributed by atoms with Crippen molar-refractivity contribution in [3.8, 4) is 12.3 Å². The van der Waals surface area contributed by atoms with Gasteiger partial charge in [-0.3, -0.25) is 4.79 Å². The van der Waals surface area contributed by atoms with Crippen LogP contribution in [0.3, 0.4) is 0 Å². The average molecular weight is 199 g/mol. The third-order valence-electron chi connectivity index (χ3n) is 2.65. The molecule has 1 aromatic rings. The van der Waals surface area contributed by atoms with E-state index in [-0.39, 0.29) is 5.91 Å². The smallest absolute Gasteiger partial charge is 0.254 e. The van der Waals surface area contributed by atoms with E-state index in [1.165, 1.54) is 0 Å². The van der Waals surface area contributed by atoms with Crippen LogP contribution in [0.15, 0.2) is 24.3 Å². The van der Waals surface area contributed by atoms with Crippen molar-refractivity contribution in [2.24, 2.45) is 0 Å². The number of amides is 1. The molecule has 1 aromatic carbocycles. The fourth-order valence-electron chi connectivity index (χ4n) is 1.87. The average Bonchev–Trinajstić information content (AvgIpc) is 2.57. The lowest BCUT2D eigenvalue weighted by Gasteiger charge is -2.14. The molecule has 0 bridgehead atoms. The summed E-state index contributed by atoms with van der Waals surface area (Å²) in [7, 11) is 0. The van der Waals surface area contributed by atoms with E-state index in [0.717, 1.165) is 37.1 Å². The summed E-state index contributed by atoms with van der Waals surface area (Å²) < 4.78 is 0. The summed E-state index contributed by atoms with van der Waals surface area (Å²) in [5.41, 5.74) is 1.97. The van der Waals surface area contributed by atoms with Crippen molar-refractivity contribution in [2.75, 3.05) is 6.54 Å². The molecule has 15 heavy (non-hydrogen) atoms. The Hall–Kier alpha value is -1.75. The van der Waals surface area contributed by atoms with Crippen molar-refractivity contribution in [1.29, 1.82) is 0 Å². The molecule has 1 heterocycles. The van der Waals surface area contributed by atoms with Crippen molar-refractivity contribution in [3.05, 3.63) is 35.4 Å². The van der Waals surface area contributed by atoms with Gasteiger partial charge < -0.3 is 4.90 Å². The van der Waals surface area contributed by atoms with Crippen LogP contribution in [-0.4, -0.2) is 17.4 Å². The van der Waals surface area contributed by atoms with Gasteiger partial charge >= 0.3 is 0 Å². The van der Waals surface area contributed by atoms with Crippen LogP contribution < -0.4 is 0 Å². The van der Waals surface area contributed by atoms with E-state index in [2.05, 4.69) is 5.92 Å². The molecule has 0 N–H and O–H groups in total. The van der Waals surface area contributed by atoms with E-state index < -0.39 is 0 Å². The lowest BCUT2D eigenvalue weighted by molar-refractivity contribution is 0.0777. The van der Waals surface area contributed by atoms with Crippen molar-refractivity contribution in [3.63, 3.8) is 0 Å². The highest BCUT2D eigenvalue weighted by atomic mass is 16.2. The number of nitrogens with zero attached hydrogens (tertiary/aromatic N) is 1. The molecule has 76 valence electrons. The van der Waals surface area contributed by atoms with Crippen molar-refractivity contribution in [1.82, 2.24) is 4.90 Å². The quantitative estimate of drug-likeness (QED) is 0.539. The molecule has 2 heteroatoms. The Labute approximate surface area is 89.9 Å². The first kappa shape index (κ1) is 9.79. The van der Waals surface area contributed by atoms with Crippen LogP contribution in [0.1, 0.15) is 28.8 Å². The Morgan fingerprint density at radius 1 is 1.40 bits per heavy atom. The molecular weight excluding hydrogens is 186 g/mol. The molecule has 0 aliphatic carbocycles. The summed E-state index contributed by atoms with van der Waals surface area (Å²) >= 11 is 0. The Morgan fingerprint density at radius 2 is 2.20 bits per heavy atom. The molecule has 0 saturated heterocycles. The second-order valence-corrected chi connectivity index (χ2v) is 3.69. The molecule has 0 radical (unpaired) electrons. The Kier molecular flexibility index (Phi) is 2.73. The van der Waals surface area contributed by atoms with Gasteiger partial charge in [-0.2, -0.15) is 0 Å². The highest BCUT2D eigenvalue weighted by Gasteiger charge is 2.25. The van der Waals surface area contributed by atoms with Crippen LogP contribution >= 0.6 is 0 Å². The SMILES string of the molecule is C#CCCCN1Cc2ccccc2C1=O. The normalized spacial score (nSPS) is 13.8. The highest BCUT2D eigenvalue weighted by molar-refractivity contribution is 5.98. The standard InChI is InChI=1S/C13H13NO/c1-2-3-6-9-14-10-11-7-4-5-8-12(11)13(14)15/h1,4-5,7-8H,3,6,9-10H2. The van der Waals surface area contributed by atoms with E-state index in [1.54, 1.807) is 0 Å². The minimum absolute atomic E-state index is 0.141. The molecule has 0 aromatic heterocycles. The molecule has 2 nitrogen and oxygen atoms in total. The monoisotopic (exact) mass is 199 g/mol. The fraction of sp³-hybridized carbons (Fsp3) is 0.308. The summed E-state index contributed by atoms with van der Waals surface area (Å²) in [5.74, 6) is 2.73. The van der Waals surface area contributed by atoms with Gasteiger partial charge in [0.05, 0.1) is 0 Å². The van der Waals surface area contributed by atoms with E-state index in [9.17, 15) is 4.79 Å². The van der Waals surface area contributed by atoms with Crippen LogP contribution in [0.25, 0.3) is 0 Å². The summed E-state index contributed by atoms with van der Waals surface area (Å²) in [5, 5.41) is 0. The van der Waals surface area contributed by atoms with Crippen molar-refractivity contribution in [2.45, 2.75) is 19.4 Å². The summed E-state index contributed by atoms with van der Waals surface area (Å²) in [6.45, 7) is 1.50. The number of rotatable bonds is 3. The van der Waals surface area contributed by atoms with Gasteiger partial charge in [-0.15, -0.1) is 12.3 Å². The first-order valence-corrected chi connectivity index (χ1v) is 5.13. The van der Waals surface area contributed by atoms with Crippen molar-refractivity contribution < 1.29 is 4.79 Å². The van der Waals surface area contributed by atoms with Crippen LogP contribution in [0.4, 0.5) is 0 Å². The van der Waals surface area contributed by atoms with E-state index >= 15 is 0 Å². The Bertz CT molecular complexity index is 417. The number of fused-ring (bicyclic) bond motifs is 1. The minimum Gasteiger partial charge on any atom is -0.334 e. The lowest BCUT2D eigenvalue weighted by Crippen LogP contribution is -2.24. The first-order valence-electron chi connectivity index (χ1n) is 5.13. The molecule has 1 aliphatic heterocycles. The maximum absolute atomic E-state index is 11.9. The van der Waals surface area contributed by atoms with Gasteiger partial charge in [0, 0.05) is 25.1 Å². The number of carbonyl (C=O) groups is 1. The summed E-state index contributed by atoms with van der Waals surface area (Å²) in [6, 6.07) is 7.77. The van der Waals surface area contributed by atoms with E-state index in [0.29, 0.717) is 0 Å². The molecule has 1 amide bonds. The fourth-order valence-corrected chi connectivity index (χ4v) is 1.87. The topological polar surface area (TPSA) is 20.3 Å². The predicted octanol–water partition coefficient (Wildman–Crippen LogP) is 2.06. The zero-order valence-electron chi connectivity index (χ0n) is 8.57. The first-order chi connectivity index (χ1) is 7.33. The number of benzene rings is 1. The summed E-state index contributed by atoms with van der Waals surface area (Å²) in [4.78, 5) is 13.7. The molecule has 0 spiro atoms. The zero-order chi connectivity index (χ0) is 10.7. The van der Waals surface area contributed by atoms with E-state index in [1.807, 2.05) is 29.2 Å². The van der Waals surface area contributed by atoms with Gasteiger partial charge in [0.1, 0.15) is 0 Å². The molecule has 2 rings (SSSR count). The van der Waals surface area contributed by atoms with E-state index in [4.69, 9.17) is 6.42 Å². The van der Waals surface area contributed by atoms with Crippen LogP contribution in [0, 0.1) is 12.3 Å².